The van der Waals surface area contributed by atoms with Crippen molar-refractivity contribution in [2.24, 2.45) is 0 Å². The van der Waals surface area contributed by atoms with Crippen molar-refractivity contribution in [2.45, 2.75) is 6.61 Å². The Morgan fingerprint density at radius 3 is 2.83 bits per heavy atom. The normalized spacial score (nSPS) is 10.0. The summed E-state index contributed by atoms with van der Waals surface area (Å²) in [7, 11) is 0. The van der Waals surface area contributed by atoms with Gasteiger partial charge in [0.15, 0.2) is 6.29 Å². The van der Waals surface area contributed by atoms with Gasteiger partial charge >= 0.3 is 0 Å². The Morgan fingerprint density at radius 1 is 1.26 bits per heavy atom. The topological polar surface area (TPSA) is 102 Å². The second-order valence-corrected chi connectivity index (χ2v) is 4.49. The summed E-state index contributed by atoms with van der Waals surface area (Å²) in [6.07, 6.45) is 3.60. The van der Waals surface area contributed by atoms with Crippen molar-refractivity contribution in [1.82, 2.24) is 15.1 Å². The molecule has 112 valence electrons. The quantitative estimate of drug-likeness (QED) is 0.667. The van der Waals surface area contributed by atoms with Crippen molar-refractivity contribution < 1.29 is 14.1 Å². The van der Waals surface area contributed by atoms with E-state index in [1.54, 1.807) is 30.5 Å². The van der Waals surface area contributed by atoms with E-state index in [0.717, 1.165) is 0 Å². The second kappa shape index (κ2) is 6.49. The molecule has 0 saturated carbocycles. The highest BCUT2D eigenvalue weighted by atomic mass is 16.5. The van der Waals surface area contributed by atoms with Crippen molar-refractivity contribution in [2.75, 3.05) is 0 Å². The van der Waals surface area contributed by atoms with Crippen LogP contribution in [0.2, 0.25) is 0 Å². The number of hydrogen-bond donors (Lipinski definition) is 0. The number of carbonyl (C=O) groups excluding carboxylic acids is 1. The Hall–Kier alpha value is -3.53. The summed E-state index contributed by atoms with van der Waals surface area (Å²) in [6, 6.07) is 10.5. The molecule has 3 rings (SSSR count). The Labute approximate surface area is 131 Å². The minimum absolute atomic E-state index is 0.0440. The zero-order valence-electron chi connectivity index (χ0n) is 11.8. The van der Waals surface area contributed by atoms with Gasteiger partial charge in [0.05, 0.1) is 16.8 Å². The number of aldehydes is 1. The standard InChI is InChI=1S/C16H10N4O3/c17-7-11-4-5-15(19-8-11)22-10-12-14(9-21)23-20-16(12)13-3-1-2-6-18-13/h1-6,8-9H,10H2. The molecule has 0 atom stereocenters. The van der Waals surface area contributed by atoms with Crippen molar-refractivity contribution >= 4 is 6.29 Å². The van der Waals surface area contributed by atoms with Gasteiger partial charge in [-0.05, 0) is 18.2 Å². The van der Waals surface area contributed by atoms with Gasteiger partial charge in [-0.15, -0.1) is 0 Å². The van der Waals surface area contributed by atoms with Gasteiger partial charge in [0.1, 0.15) is 18.4 Å². The van der Waals surface area contributed by atoms with Crippen LogP contribution in [0, 0.1) is 11.3 Å². The molecule has 0 bridgehead atoms. The molecular formula is C16H10N4O3. The fourth-order valence-electron chi connectivity index (χ4n) is 1.94. The summed E-state index contributed by atoms with van der Waals surface area (Å²) in [4.78, 5) is 19.3. The molecule has 7 heteroatoms. The number of pyridine rings is 2. The minimum Gasteiger partial charge on any atom is -0.473 e. The summed E-state index contributed by atoms with van der Waals surface area (Å²) in [5.74, 6) is 0.410. The van der Waals surface area contributed by atoms with Gasteiger partial charge in [0.25, 0.3) is 0 Å². The smallest absolute Gasteiger partial charge is 0.213 e. The van der Waals surface area contributed by atoms with Gasteiger partial charge in [-0.1, -0.05) is 11.2 Å². The van der Waals surface area contributed by atoms with E-state index in [2.05, 4.69) is 15.1 Å². The molecule has 0 N–H and O–H groups in total. The Kier molecular flexibility index (Phi) is 4.07. The number of ether oxygens (including phenoxy) is 1. The van der Waals surface area contributed by atoms with Crippen LogP contribution in [0.5, 0.6) is 5.88 Å². The maximum Gasteiger partial charge on any atom is 0.213 e. The van der Waals surface area contributed by atoms with Gasteiger partial charge in [-0.3, -0.25) is 9.78 Å². The van der Waals surface area contributed by atoms with Crippen LogP contribution in [0.4, 0.5) is 0 Å². The number of nitrogens with zero attached hydrogens (tertiary/aromatic N) is 4. The van der Waals surface area contributed by atoms with E-state index in [9.17, 15) is 4.79 Å². The maximum absolute atomic E-state index is 11.1. The first-order chi connectivity index (χ1) is 11.3. The number of aromatic nitrogens is 3. The van der Waals surface area contributed by atoms with E-state index in [1.165, 1.54) is 6.20 Å². The van der Waals surface area contributed by atoms with Gasteiger partial charge < -0.3 is 9.26 Å². The second-order valence-electron chi connectivity index (χ2n) is 4.49. The van der Waals surface area contributed by atoms with Crippen molar-refractivity contribution in [3.05, 3.63) is 59.6 Å². The van der Waals surface area contributed by atoms with Crippen LogP contribution in [-0.4, -0.2) is 21.4 Å². The van der Waals surface area contributed by atoms with E-state index in [1.807, 2.05) is 12.1 Å². The molecule has 0 fully saturated rings. The molecule has 3 aromatic rings. The molecular weight excluding hydrogens is 296 g/mol. The molecule has 0 aliphatic carbocycles. The highest BCUT2D eigenvalue weighted by Crippen LogP contribution is 2.24. The van der Waals surface area contributed by atoms with Crippen molar-refractivity contribution in [3.63, 3.8) is 0 Å². The molecule has 3 heterocycles. The first kappa shape index (κ1) is 14.4. The lowest BCUT2D eigenvalue weighted by Gasteiger charge is -2.05. The molecule has 0 saturated heterocycles. The van der Waals surface area contributed by atoms with E-state index >= 15 is 0 Å². The lowest BCUT2D eigenvalue weighted by Crippen LogP contribution is -2.01. The van der Waals surface area contributed by atoms with Crippen LogP contribution in [-0.2, 0) is 6.61 Å². The summed E-state index contributed by atoms with van der Waals surface area (Å²) in [6.45, 7) is 0.0440. The fraction of sp³-hybridized carbons (Fsp3) is 0.0625. The average Bonchev–Trinajstić information content (AvgIpc) is 3.04. The lowest BCUT2D eigenvalue weighted by atomic mass is 10.1. The first-order valence-corrected chi connectivity index (χ1v) is 6.66. The average molecular weight is 306 g/mol. The summed E-state index contributed by atoms with van der Waals surface area (Å²) < 4.78 is 10.6. The van der Waals surface area contributed by atoms with E-state index < -0.39 is 0 Å². The molecule has 23 heavy (non-hydrogen) atoms. The van der Waals surface area contributed by atoms with Gasteiger partial charge in [-0.2, -0.15) is 5.26 Å². The van der Waals surface area contributed by atoms with Crippen LogP contribution in [0.15, 0.2) is 47.2 Å². The molecule has 0 unspecified atom stereocenters. The molecule has 7 nitrogen and oxygen atoms in total. The zero-order chi connectivity index (χ0) is 16.1. The molecule has 0 aliphatic rings. The van der Waals surface area contributed by atoms with Gasteiger partial charge in [-0.25, -0.2) is 4.98 Å². The fourth-order valence-corrected chi connectivity index (χ4v) is 1.94. The molecule has 3 aromatic heterocycles. The molecule has 0 aliphatic heterocycles. The number of carbonyl (C=O) groups is 1. The van der Waals surface area contributed by atoms with Crippen LogP contribution in [0.3, 0.4) is 0 Å². The molecule has 0 aromatic carbocycles. The van der Waals surface area contributed by atoms with Crippen LogP contribution in [0.1, 0.15) is 21.7 Å². The third-order valence-corrected chi connectivity index (χ3v) is 3.06. The minimum atomic E-state index is 0.0440. The Balaban J connectivity index is 1.85. The van der Waals surface area contributed by atoms with Crippen LogP contribution >= 0.6 is 0 Å². The monoisotopic (exact) mass is 306 g/mol. The van der Waals surface area contributed by atoms with Crippen molar-refractivity contribution in [3.8, 4) is 23.3 Å². The summed E-state index contributed by atoms with van der Waals surface area (Å²) >= 11 is 0. The third-order valence-electron chi connectivity index (χ3n) is 3.06. The van der Waals surface area contributed by atoms with Crippen LogP contribution < -0.4 is 4.74 Å². The van der Waals surface area contributed by atoms with Crippen molar-refractivity contribution in [1.29, 1.82) is 5.26 Å². The molecule has 0 amide bonds. The predicted octanol–water partition coefficient (Wildman–Crippen LogP) is 2.39. The van der Waals surface area contributed by atoms with E-state index in [-0.39, 0.29) is 12.4 Å². The van der Waals surface area contributed by atoms with E-state index in [0.29, 0.717) is 34.7 Å². The molecule has 0 radical (unpaired) electrons. The number of rotatable bonds is 5. The first-order valence-electron chi connectivity index (χ1n) is 6.66. The Bertz CT molecular complexity index is 851. The largest absolute Gasteiger partial charge is 0.473 e. The number of hydrogen-bond acceptors (Lipinski definition) is 7. The zero-order valence-corrected chi connectivity index (χ0v) is 11.8. The van der Waals surface area contributed by atoms with E-state index in [4.69, 9.17) is 14.5 Å². The summed E-state index contributed by atoms with van der Waals surface area (Å²) in [5, 5.41) is 12.6. The van der Waals surface area contributed by atoms with Crippen LogP contribution in [0.25, 0.3) is 11.4 Å². The lowest BCUT2D eigenvalue weighted by molar-refractivity contribution is 0.108. The SMILES string of the molecule is N#Cc1ccc(OCc2c(-c3ccccn3)noc2C=O)nc1. The third kappa shape index (κ3) is 3.06. The predicted molar refractivity (Wildman–Crippen MR) is 78.4 cm³/mol. The highest BCUT2D eigenvalue weighted by Gasteiger charge is 2.18. The van der Waals surface area contributed by atoms with Gasteiger partial charge in [0, 0.05) is 18.5 Å². The highest BCUT2D eigenvalue weighted by molar-refractivity contribution is 5.77. The summed E-state index contributed by atoms with van der Waals surface area (Å²) in [5.41, 5.74) is 1.95. The maximum atomic E-state index is 11.1. The number of nitriles is 1. The molecule has 0 spiro atoms. The Morgan fingerprint density at radius 2 is 2.17 bits per heavy atom. The van der Waals surface area contributed by atoms with Gasteiger partial charge in [0.2, 0.25) is 11.6 Å².